The first-order valence-electron chi connectivity index (χ1n) is 9.13. The number of benzene rings is 1. The van der Waals surface area contributed by atoms with Gasteiger partial charge in [0, 0.05) is 46.7 Å². The quantitative estimate of drug-likeness (QED) is 0.549. The van der Waals surface area contributed by atoms with E-state index >= 15 is 0 Å². The summed E-state index contributed by atoms with van der Waals surface area (Å²) in [5.41, 5.74) is 6.68. The minimum absolute atomic E-state index is 0.0162. The van der Waals surface area contributed by atoms with E-state index in [2.05, 4.69) is 20.4 Å². The maximum absolute atomic E-state index is 12.4. The molecular weight excluding hydrogens is 370 g/mol. The van der Waals surface area contributed by atoms with E-state index in [-0.39, 0.29) is 5.91 Å². The van der Waals surface area contributed by atoms with Crippen molar-refractivity contribution in [3.8, 4) is 10.6 Å². The number of aryl methyl sites for hydroxylation is 3. The molecule has 0 saturated carbocycles. The van der Waals surface area contributed by atoms with Gasteiger partial charge < -0.3 is 5.32 Å². The van der Waals surface area contributed by atoms with Crippen molar-refractivity contribution in [2.24, 2.45) is 0 Å². The van der Waals surface area contributed by atoms with Gasteiger partial charge in [0.05, 0.1) is 5.69 Å². The smallest absolute Gasteiger partial charge is 0.224 e. The molecule has 6 nitrogen and oxygen atoms in total. The summed E-state index contributed by atoms with van der Waals surface area (Å²) in [4.78, 5) is 21.3. The van der Waals surface area contributed by atoms with Crippen molar-refractivity contribution in [3.05, 3.63) is 64.6 Å². The van der Waals surface area contributed by atoms with Crippen molar-refractivity contribution in [1.29, 1.82) is 0 Å². The van der Waals surface area contributed by atoms with Crippen LogP contribution in [0.1, 0.15) is 29.1 Å². The second-order valence-corrected chi connectivity index (χ2v) is 7.67. The van der Waals surface area contributed by atoms with Gasteiger partial charge in [-0.1, -0.05) is 0 Å². The highest BCUT2D eigenvalue weighted by Gasteiger charge is 2.13. The van der Waals surface area contributed by atoms with Gasteiger partial charge in [-0.25, -0.2) is 14.5 Å². The fraction of sp³-hybridized carbons (Fsp3) is 0.238. The SMILES string of the molecule is Cc1cc2nc(C)c(CCC(=O)Nc3ccc(-c4nccs4)cc3)c(C)n2n1. The zero-order chi connectivity index (χ0) is 19.7. The van der Waals surface area contributed by atoms with Crippen LogP contribution in [-0.2, 0) is 11.2 Å². The average molecular weight is 392 g/mol. The molecule has 0 bridgehead atoms. The summed E-state index contributed by atoms with van der Waals surface area (Å²) >= 11 is 1.59. The molecule has 0 aliphatic heterocycles. The predicted molar refractivity (Wildman–Crippen MR) is 112 cm³/mol. The normalized spacial score (nSPS) is 11.1. The van der Waals surface area contributed by atoms with Crippen molar-refractivity contribution in [2.75, 3.05) is 5.32 Å². The van der Waals surface area contributed by atoms with E-state index in [4.69, 9.17) is 0 Å². The molecule has 4 rings (SSSR count). The van der Waals surface area contributed by atoms with Crippen LogP contribution in [0.15, 0.2) is 41.9 Å². The molecule has 0 unspecified atom stereocenters. The molecular formula is C21H21N5OS. The molecule has 0 aliphatic carbocycles. The third-order valence-corrected chi connectivity index (χ3v) is 5.56. The molecule has 0 spiro atoms. The lowest BCUT2D eigenvalue weighted by atomic mass is 10.1. The lowest BCUT2D eigenvalue weighted by Gasteiger charge is -2.11. The third-order valence-electron chi connectivity index (χ3n) is 4.74. The highest BCUT2D eigenvalue weighted by Crippen LogP contribution is 2.23. The minimum atomic E-state index is -0.0162. The zero-order valence-corrected chi connectivity index (χ0v) is 16.9. The Labute approximate surface area is 167 Å². The Kier molecular flexibility index (Phi) is 4.92. The van der Waals surface area contributed by atoms with Crippen molar-refractivity contribution in [3.63, 3.8) is 0 Å². The van der Waals surface area contributed by atoms with Crippen LogP contribution in [0.5, 0.6) is 0 Å². The monoisotopic (exact) mass is 391 g/mol. The number of fused-ring (bicyclic) bond motifs is 1. The molecule has 0 aliphatic rings. The first-order valence-corrected chi connectivity index (χ1v) is 10.0. The van der Waals surface area contributed by atoms with Gasteiger partial charge in [-0.05, 0) is 57.0 Å². The highest BCUT2D eigenvalue weighted by molar-refractivity contribution is 7.13. The number of anilines is 1. The first-order chi connectivity index (χ1) is 13.5. The van der Waals surface area contributed by atoms with E-state index < -0.39 is 0 Å². The van der Waals surface area contributed by atoms with Crippen molar-refractivity contribution in [2.45, 2.75) is 33.6 Å². The van der Waals surface area contributed by atoms with Crippen LogP contribution in [0, 0.1) is 20.8 Å². The van der Waals surface area contributed by atoms with Crippen LogP contribution >= 0.6 is 11.3 Å². The molecule has 1 N–H and O–H groups in total. The molecule has 0 radical (unpaired) electrons. The Morgan fingerprint density at radius 2 is 1.96 bits per heavy atom. The molecule has 3 aromatic heterocycles. The number of nitrogens with one attached hydrogen (secondary N) is 1. The number of hydrogen-bond donors (Lipinski definition) is 1. The lowest BCUT2D eigenvalue weighted by Crippen LogP contribution is -2.14. The first kappa shape index (κ1) is 18.3. The van der Waals surface area contributed by atoms with Crippen LogP contribution in [0.4, 0.5) is 5.69 Å². The standard InChI is InChI=1S/C21H21N5OS/c1-13-12-19-23-14(2)18(15(3)26(19)25-13)8-9-20(27)24-17-6-4-16(5-7-17)21-22-10-11-28-21/h4-7,10-12H,8-9H2,1-3H3,(H,24,27). The van der Waals surface area contributed by atoms with Gasteiger partial charge in [0.1, 0.15) is 5.01 Å². The van der Waals surface area contributed by atoms with E-state index in [1.54, 1.807) is 17.5 Å². The summed E-state index contributed by atoms with van der Waals surface area (Å²) in [5.74, 6) is -0.0162. The summed E-state index contributed by atoms with van der Waals surface area (Å²) < 4.78 is 1.85. The zero-order valence-electron chi connectivity index (χ0n) is 16.1. The van der Waals surface area contributed by atoms with Gasteiger partial charge in [0.2, 0.25) is 5.91 Å². The highest BCUT2D eigenvalue weighted by atomic mass is 32.1. The van der Waals surface area contributed by atoms with E-state index in [0.29, 0.717) is 12.8 Å². The Hall–Kier alpha value is -3.06. The Balaban J connectivity index is 1.43. The van der Waals surface area contributed by atoms with Gasteiger partial charge in [0.25, 0.3) is 0 Å². The van der Waals surface area contributed by atoms with Gasteiger partial charge in [-0.15, -0.1) is 11.3 Å². The van der Waals surface area contributed by atoms with Crippen molar-refractivity contribution < 1.29 is 4.79 Å². The molecule has 0 fully saturated rings. The second-order valence-electron chi connectivity index (χ2n) is 6.78. The van der Waals surface area contributed by atoms with Crippen molar-refractivity contribution >= 4 is 28.6 Å². The summed E-state index contributed by atoms with van der Waals surface area (Å²) in [7, 11) is 0. The molecule has 0 atom stereocenters. The number of thiazole rings is 1. The molecule has 3 heterocycles. The Morgan fingerprint density at radius 3 is 2.68 bits per heavy atom. The number of rotatable bonds is 5. The topological polar surface area (TPSA) is 72.2 Å². The molecule has 7 heteroatoms. The summed E-state index contributed by atoms with van der Waals surface area (Å²) in [6.07, 6.45) is 2.81. The van der Waals surface area contributed by atoms with Gasteiger partial charge in [0.15, 0.2) is 5.65 Å². The van der Waals surface area contributed by atoms with Gasteiger partial charge in [-0.2, -0.15) is 5.10 Å². The fourth-order valence-corrected chi connectivity index (χ4v) is 3.97. The van der Waals surface area contributed by atoms with E-state index in [9.17, 15) is 4.79 Å². The number of nitrogens with zero attached hydrogens (tertiary/aromatic N) is 4. The summed E-state index contributed by atoms with van der Waals surface area (Å²) in [5, 5.41) is 10.4. The molecule has 1 aromatic carbocycles. The number of carbonyl (C=O) groups is 1. The number of carbonyl (C=O) groups excluding carboxylic acids is 1. The Morgan fingerprint density at radius 1 is 1.18 bits per heavy atom. The van der Waals surface area contributed by atoms with E-state index in [1.807, 2.05) is 61.0 Å². The van der Waals surface area contributed by atoms with Crippen LogP contribution in [0.2, 0.25) is 0 Å². The maximum atomic E-state index is 12.4. The number of amides is 1. The predicted octanol–water partition coefficient (Wildman–Crippen LogP) is 4.35. The molecule has 0 saturated heterocycles. The molecule has 28 heavy (non-hydrogen) atoms. The van der Waals surface area contributed by atoms with Crippen LogP contribution in [-0.4, -0.2) is 25.5 Å². The maximum Gasteiger partial charge on any atom is 0.224 e. The number of aromatic nitrogens is 4. The second kappa shape index (κ2) is 7.52. The van der Waals surface area contributed by atoms with E-state index in [1.165, 1.54) is 0 Å². The average Bonchev–Trinajstić information content (AvgIpc) is 3.32. The fourth-order valence-electron chi connectivity index (χ4n) is 3.33. The number of hydrogen-bond acceptors (Lipinski definition) is 5. The minimum Gasteiger partial charge on any atom is -0.326 e. The molecule has 142 valence electrons. The molecule has 4 aromatic rings. The van der Waals surface area contributed by atoms with Gasteiger partial charge in [-0.3, -0.25) is 4.79 Å². The van der Waals surface area contributed by atoms with Crippen LogP contribution < -0.4 is 5.32 Å². The lowest BCUT2D eigenvalue weighted by molar-refractivity contribution is -0.116. The van der Waals surface area contributed by atoms with Crippen LogP contribution in [0.3, 0.4) is 0 Å². The summed E-state index contributed by atoms with van der Waals surface area (Å²) in [6, 6.07) is 9.73. The van der Waals surface area contributed by atoms with Crippen LogP contribution in [0.25, 0.3) is 16.2 Å². The largest absolute Gasteiger partial charge is 0.326 e. The van der Waals surface area contributed by atoms with Crippen molar-refractivity contribution in [1.82, 2.24) is 19.6 Å². The third kappa shape index (κ3) is 3.66. The van der Waals surface area contributed by atoms with E-state index in [0.717, 1.165) is 44.6 Å². The molecule has 1 amide bonds. The summed E-state index contributed by atoms with van der Waals surface area (Å²) in [6.45, 7) is 5.97. The Bertz CT molecular complexity index is 1130. The van der Waals surface area contributed by atoms with Gasteiger partial charge >= 0.3 is 0 Å².